The summed E-state index contributed by atoms with van der Waals surface area (Å²) in [6.07, 6.45) is 0.854. The average Bonchev–Trinajstić information content (AvgIpc) is 2.51. The van der Waals surface area contributed by atoms with Gasteiger partial charge in [0.2, 0.25) is 5.91 Å². The number of anilines is 1. The highest BCUT2D eigenvalue weighted by Gasteiger charge is 2.29. The van der Waals surface area contributed by atoms with E-state index in [2.05, 4.69) is 5.32 Å². The fourth-order valence-corrected chi connectivity index (χ4v) is 1.95. The van der Waals surface area contributed by atoms with Crippen LogP contribution in [0, 0.1) is 0 Å². The monoisotopic (exact) mass is 239 g/mol. The molecule has 1 amide bonds. The molecule has 1 heterocycles. The SMILES string of the molecule is CC1(C)Cc2cc(NC(=O)CCl)ccc2O1. The van der Waals surface area contributed by atoms with E-state index >= 15 is 0 Å². The van der Waals surface area contributed by atoms with Crippen molar-refractivity contribution in [2.24, 2.45) is 0 Å². The Bertz CT molecular complexity index is 429. The van der Waals surface area contributed by atoms with Crippen molar-refractivity contribution in [2.45, 2.75) is 25.9 Å². The van der Waals surface area contributed by atoms with Gasteiger partial charge in [0.25, 0.3) is 0 Å². The molecule has 3 nitrogen and oxygen atoms in total. The first kappa shape index (κ1) is 11.3. The molecule has 2 rings (SSSR count). The van der Waals surface area contributed by atoms with Crippen molar-refractivity contribution in [2.75, 3.05) is 11.2 Å². The zero-order valence-electron chi connectivity index (χ0n) is 9.34. The van der Waals surface area contributed by atoms with Crippen LogP contribution in [0.4, 0.5) is 5.69 Å². The van der Waals surface area contributed by atoms with Crippen LogP contribution in [-0.4, -0.2) is 17.4 Å². The summed E-state index contributed by atoms with van der Waals surface area (Å²) >= 11 is 5.43. The summed E-state index contributed by atoms with van der Waals surface area (Å²) < 4.78 is 5.74. The molecule has 0 spiro atoms. The minimum absolute atomic E-state index is 0.0287. The molecule has 0 saturated heterocycles. The maximum absolute atomic E-state index is 11.1. The van der Waals surface area contributed by atoms with Gasteiger partial charge < -0.3 is 10.1 Å². The molecule has 0 saturated carbocycles. The molecule has 0 aromatic heterocycles. The fraction of sp³-hybridized carbons (Fsp3) is 0.417. The summed E-state index contributed by atoms with van der Waals surface area (Å²) in [5.74, 6) is 0.674. The number of carbonyl (C=O) groups excluding carboxylic acids is 1. The van der Waals surface area contributed by atoms with E-state index in [1.807, 2.05) is 32.0 Å². The number of hydrogen-bond donors (Lipinski definition) is 1. The fourth-order valence-electron chi connectivity index (χ4n) is 1.88. The Morgan fingerprint density at radius 1 is 1.56 bits per heavy atom. The summed E-state index contributed by atoms with van der Waals surface area (Å²) in [6.45, 7) is 4.09. The van der Waals surface area contributed by atoms with Crippen LogP contribution >= 0.6 is 11.6 Å². The maximum Gasteiger partial charge on any atom is 0.239 e. The molecule has 0 radical (unpaired) electrons. The third-order valence-corrected chi connectivity index (χ3v) is 2.71. The van der Waals surface area contributed by atoms with E-state index in [4.69, 9.17) is 16.3 Å². The lowest BCUT2D eigenvalue weighted by Crippen LogP contribution is -2.24. The lowest BCUT2D eigenvalue weighted by Gasteiger charge is -2.16. The van der Waals surface area contributed by atoms with Gasteiger partial charge in [-0.3, -0.25) is 4.79 Å². The number of amides is 1. The smallest absolute Gasteiger partial charge is 0.239 e. The van der Waals surface area contributed by atoms with Crippen molar-refractivity contribution < 1.29 is 9.53 Å². The summed E-state index contributed by atoms with van der Waals surface area (Å²) in [5, 5.41) is 2.72. The summed E-state index contributed by atoms with van der Waals surface area (Å²) in [4.78, 5) is 11.1. The molecule has 0 bridgehead atoms. The van der Waals surface area contributed by atoms with E-state index in [1.165, 1.54) is 0 Å². The molecular formula is C12H14ClNO2. The van der Waals surface area contributed by atoms with E-state index < -0.39 is 0 Å². The highest BCUT2D eigenvalue weighted by atomic mass is 35.5. The van der Waals surface area contributed by atoms with Crippen LogP contribution in [0.25, 0.3) is 0 Å². The van der Waals surface area contributed by atoms with Crippen molar-refractivity contribution in [3.05, 3.63) is 23.8 Å². The third-order valence-electron chi connectivity index (χ3n) is 2.47. The average molecular weight is 240 g/mol. The second kappa shape index (κ2) is 3.98. The molecule has 1 aliphatic rings. The summed E-state index contributed by atoms with van der Waals surface area (Å²) in [7, 11) is 0. The predicted octanol–water partition coefficient (Wildman–Crippen LogP) is 2.58. The van der Waals surface area contributed by atoms with E-state index in [0.29, 0.717) is 0 Å². The molecule has 1 aliphatic heterocycles. The van der Waals surface area contributed by atoms with Crippen LogP contribution in [-0.2, 0) is 11.2 Å². The standard InChI is InChI=1S/C12H14ClNO2/c1-12(2)6-8-5-9(14-11(15)7-13)3-4-10(8)16-12/h3-5H,6-7H2,1-2H3,(H,14,15). The van der Waals surface area contributed by atoms with Crippen LogP contribution in [0.1, 0.15) is 19.4 Å². The number of fused-ring (bicyclic) bond motifs is 1. The lowest BCUT2D eigenvalue weighted by atomic mass is 10.0. The topological polar surface area (TPSA) is 38.3 Å². The lowest BCUT2D eigenvalue weighted by molar-refractivity contribution is -0.113. The predicted molar refractivity (Wildman–Crippen MR) is 64.2 cm³/mol. The molecule has 4 heteroatoms. The van der Waals surface area contributed by atoms with E-state index in [0.717, 1.165) is 23.4 Å². The number of hydrogen-bond acceptors (Lipinski definition) is 2. The number of benzene rings is 1. The Balaban J connectivity index is 2.19. The molecule has 16 heavy (non-hydrogen) atoms. The van der Waals surface area contributed by atoms with Gasteiger partial charge in [-0.05, 0) is 32.0 Å². The van der Waals surface area contributed by atoms with Crippen molar-refractivity contribution in [3.8, 4) is 5.75 Å². The van der Waals surface area contributed by atoms with Crippen LogP contribution in [0.3, 0.4) is 0 Å². The Morgan fingerprint density at radius 3 is 3.00 bits per heavy atom. The molecule has 1 aromatic carbocycles. The molecule has 1 aromatic rings. The van der Waals surface area contributed by atoms with Crippen molar-refractivity contribution in [3.63, 3.8) is 0 Å². The zero-order valence-corrected chi connectivity index (χ0v) is 10.1. The molecule has 86 valence electrons. The largest absolute Gasteiger partial charge is 0.487 e. The van der Waals surface area contributed by atoms with Gasteiger partial charge in [-0.25, -0.2) is 0 Å². The van der Waals surface area contributed by atoms with Gasteiger partial charge in [0.1, 0.15) is 17.2 Å². The Kier molecular flexibility index (Phi) is 2.80. The molecule has 1 N–H and O–H groups in total. The first-order chi connectivity index (χ1) is 7.50. The van der Waals surface area contributed by atoms with Crippen LogP contribution < -0.4 is 10.1 Å². The van der Waals surface area contributed by atoms with Crippen LogP contribution in [0.15, 0.2) is 18.2 Å². The van der Waals surface area contributed by atoms with E-state index in [1.54, 1.807) is 0 Å². The Hall–Kier alpha value is -1.22. The summed E-state index contributed by atoms with van der Waals surface area (Å²) in [5.41, 5.74) is 1.74. The normalized spacial score (nSPS) is 16.4. The van der Waals surface area contributed by atoms with E-state index in [9.17, 15) is 4.79 Å². The zero-order chi connectivity index (χ0) is 11.8. The quantitative estimate of drug-likeness (QED) is 0.806. The molecule has 0 aliphatic carbocycles. The van der Waals surface area contributed by atoms with Gasteiger partial charge in [-0.1, -0.05) is 0 Å². The van der Waals surface area contributed by atoms with Gasteiger partial charge in [0, 0.05) is 17.7 Å². The highest BCUT2D eigenvalue weighted by molar-refractivity contribution is 6.29. The minimum Gasteiger partial charge on any atom is -0.487 e. The van der Waals surface area contributed by atoms with Crippen molar-refractivity contribution in [1.82, 2.24) is 0 Å². The first-order valence-electron chi connectivity index (χ1n) is 5.18. The number of ether oxygens (including phenoxy) is 1. The number of alkyl halides is 1. The number of rotatable bonds is 2. The third kappa shape index (κ3) is 2.30. The number of nitrogens with one attached hydrogen (secondary N) is 1. The van der Waals surface area contributed by atoms with Gasteiger partial charge >= 0.3 is 0 Å². The van der Waals surface area contributed by atoms with Gasteiger partial charge in [-0.15, -0.1) is 11.6 Å². The van der Waals surface area contributed by atoms with E-state index in [-0.39, 0.29) is 17.4 Å². The van der Waals surface area contributed by atoms with Gasteiger partial charge in [-0.2, -0.15) is 0 Å². The molecule has 0 atom stereocenters. The number of carbonyl (C=O) groups is 1. The minimum atomic E-state index is -0.195. The Labute approximate surface area is 99.7 Å². The Morgan fingerprint density at radius 2 is 2.31 bits per heavy atom. The van der Waals surface area contributed by atoms with Gasteiger partial charge in [0.05, 0.1) is 0 Å². The second-order valence-corrected chi connectivity index (χ2v) is 4.81. The first-order valence-corrected chi connectivity index (χ1v) is 5.71. The maximum atomic E-state index is 11.1. The highest BCUT2D eigenvalue weighted by Crippen LogP contribution is 2.36. The molecule has 0 fully saturated rings. The van der Waals surface area contributed by atoms with Crippen LogP contribution in [0.5, 0.6) is 5.75 Å². The number of halogens is 1. The van der Waals surface area contributed by atoms with Crippen LogP contribution in [0.2, 0.25) is 0 Å². The second-order valence-electron chi connectivity index (χ2n) is 4.54. The summed E-state index contributed by atoms with van der Waals surface area (Å²) in [6, 6.07) is 5.65. The molecular weight excluding hydrogens is 226 g/mol. The van der Waals surface area contributed by atoms with Crippen molar-refractivity contribution >= 4 is 23.2 Å². The van der Waals surface area contributed by atoms with Gasteiger partial charge in [0.15, 0.2) is 0 Å². The van der Waals surface area contributed by atoms with Crippen molar-refractivity contribution in [1.29, 1.82) is 0 Å². The molecule has 0 unspecified atom stereocenters.